The minimum absolute atomic E-state index is 0.0436. The summed E-state index contributed by atoms with van der Waals surface area (Å²) < 4.78 is 16.9. The third-order valence-electron chi connectivity index (χ3n) is 5.48. The summed E-state index contributed by atoms with van der Waals surface area (Å²) in [6, 6.07) is 13.4. The first kappa shape index (κ1) is 22.1. The molecule has 2 heterocycles. The van der Waals surface area contributed by atoms with Crippen LogP contribution in [0.5, 0.6) is 5.75 Å². The van der Waals surface area contributed by atoms with Gasteiger partial charge in [0.05, 0.1) is 37.7 Å². The van der Waals surface area contributed by atoms with Gasteiger partial charge in [0.1, 0.15) is 5.75 Å². The average molecular weight is 447 g/mol. The summed E-state index contributed by atoms with van der Waals surface area (Å²) in [6.07, 6.45) is 4.65. The van der Waals surface area contributed by atoms with Crippen molar-refractivity contribution in [3.63, 3.8) is 0 Å². The molecule has 0 saturated heterocycles. The molecule has 33 heavy (non-hydrogen) atoms. The fourth-order valence-electron chi connectivity index (χ4n) is 3.56. The number of anilines is 2. The average Bonchev–Trinajstić information content (AvgIpc) is 3.55. The lowest BCUT2D eigenvalue weighted by atomic mass is 9.99. The van der Waals surface area contributed by atoms with Gasteiger partial charge in [0.25, 0.3) is 6.01 Å². The Morgan fingerprint density at radius 2 is 2.00 bits per heavy atom. The van der Waals surface area contributed by atoms with Gasteiger partial charge in [0, 0.05) is 24.4 Å². The van der Waals surface area contributed by atoms with Crippen molar-refractivity contribution < 1.29 is 18.4 Å². The fourth-order valence-corrected chi connectivity index (χ4v) is 3.56. The number of aromatic nitrogens is 2. The molecule has 2 aromatic carbocycles. The Kier molecular flexibility index (Phi) is 6.41. The Bertz CT molecular complexity index is 1240. The number of carbonyl (C=O) groups excluding carboxylic acids is 1. The number of hydrogen-bond acceptors (Lipinski definition) is 8. The van der Waals surface area contributed by atoms with E-state index in [0.29, 0.717) is 23.3 Å². The number of nitrogens with zero attached hydrogens (tertiary/aromatic N) is 3. The van der Waals surface area contributed by atoms with Gasteiger partial charge in [0.2, 0.25) is 5.91 Å². The second-order valence-electron chi connectivity index (χ2n) is 7.41. The molecule has 1 atom stereocenters. The van der Waals surface area contributed by atoms with Gasteiger partial charge in [-0.25, -0.2) is 9.97 Å². The third-order valence-corrected chi connectivity index (χ3v) is 5.48. The van der Waals surface area contributed by atoms with Crippen molar-refractivity contribution in [1.29, 1.82) is 0 Å². The van der Waals surface area contributed by atoms with Crippen LogP contribution in [-0.2, 0) is 4.79 Å². The number of nitrogens with two attached hydrogens (primary N) is 1. The van der Waals surface area contributed by atoms with Crippen LogP contribution in [0.4, 0.5) is 11.7 Å². The van der Waals surface area contributed by atoms with E-state index >= 15 is 0 Å². The molecule has 0 bridgehead atoms. The predicted molar refractivity (Wildman–Crippen MR) is 124 cm³/mol. The van der Waals surface area contributed by atoms with E-state index in [1.165, 1.54) is 6.39 Å². The Labute approximate surface area is 191 Å². The quantitative estimate of drug-likeness (QED) is 0.412. The van der Waals surface area contributed by atoms with E-state index < -0.39 is 0 Å². The Morgan fingerprint density at radius 1 is 1.18 bits per heavy atom. The second kappa shape index (κ2) is 9.58. The van der Waals surface area contributed by atoms with Gasteiger partial charge in [0.15, 0.2) is 17.9 Å². The van der Waals surface area contributed by atoms with Gasteiger partial charge in [-0.05, 0) is 24.6 Å². The number of amides is 1. The Balaban J connectivity index is 1.58. The molecule has 9 nitrogen and oxygen atoms in total. The van der Waals surface area contributed by atoms with Crippen LogP contribution in [0, 0.1) is 0 Å². The summed E-state index contributed by atoms with van der Waals surface area (Å²) in [5.41, 5.74) is 8.83. The second-order valence-corrected chi connectivity index (χ2v) is 7.41. The van der Waals surface area contributed by atoms with Crippen molar-refractivity contribution in [3.05, 3.63) is 66.8 Å². The highest BCUT2D eigenvalue weighted by Crippen LogP contribution is 2.35. The molecule has 1 amide bonds. The van der Waals surface area contributed by atoms with E-state index in [0.717, 1.165) is 22.4 Å². The zero-order valence-electron chi connectivity index (χ0n) is 18.6. The molecule has 4 rings (SSSR count). The summed E-state index contributed by atoms with van der Waals surface area (Å²) >= 11 is 0. The van der Waals surface area contributed by atoms with E-state index in [-0.39, 0.29) is 18.5 Å². The molecule has 4 aromatic rings. The summed E-state index contributed by atoms with van der Waals surface area (Å²) in [5, 5.41) is 3.16. The minimum atomic E-state index is -0.188. The molecular formula is C24H25N5O4. The number of rotatable bonds is 8. The van der Waals surface area contributed by atoms with E-state index in [1.54, 1.807) is 31.5 Å². The number of methoxy groups -OCH3 is 1. The van der Waals surface area contributed by atoms with Crippen molar-refractivity contribution in [2.75, 3.05) is 26.0 Å². The molecule has 0 radical (unpaired) electrons. The smallest absolute Gasteiger partial charge is 0.299 e. The topological polar surface area (TPSA) is 120 Å². The summed E-state index contributed by atoms with van der Waals surface area (Å²) in [4.78, 5) is 22.0. The largest absolute Gasteiger partial charge is 0.496 e. The molecule has 170 valence electrons. The molecule has 0 aliphatic heterocycles. The van der Waals surface area contributed by atoms with Crippen LogP contribution < -0.4 is 15.8 Å². The molecule has 0 fully saturated rings. The van der Waals surface area contributed by atoms with Crippen LogP contribution in [0.1, 0.15) is 18.5 Å². The summed E-state index contributed by atoms with van der Waals surface area (Å²) in [5.74, 6) is 1.68. The first-order chi connectivity index (χ1) is 16.0. The lowest BCUT2D eigenvalue weighted by Crippen LogP contribution is -2.34. The fraction of sp³-hybridized carbons (Fsp3) is 0.208. The molecule has 9 heteroatoms. The third kappa shape index (κ3) is 4.58. The van der Waals surface area contributed by atoms with E-state index in [9.17, 15) is 4.79 Å². The van der Waals surface area contributed by atoms with Crippen molar-refractivity contribution in [2.45, 2.75) is 13.0 Å². The van der Waals surface area contributed by atoms with E-state index in [1.807, 2.05) is 49.4 Å². The van der Waals surface area contributed by atoms with Crippen LogP contribution in [0.25, 0.3) is 22.6 Å². The van der Waals surface area contributed by atoms with Gasteiger partial charge in [-0.15, -0.1) is 0 Å². The SMILES string of the molecule is COc1cc(Nc2ncc(-c3ccccc3C(C)N(C)C(=O)CN)o2)ccc1-c1cnco1. The normalized spacial score (nSPS) is 11.8. The van der Waals surface area contributed by atoms with Gasteiger partial charge < -0.3 is 29.5 Å². The molecule has 2 aromatic heterocycles. The number of nitrogens with one attached hydrogen (secondary N) is 1. The first-order valence-corrected chi connectivity index (χ1v) is 10.4. The highest BCUT2D eigenvalue weighted by Gasteiger charge is 2.21. The van der Waals surface area contributed by atoms with Gasteiger partial charge >= 0.3 is 0 Å². The maximum Gasteiger partial charge on any atom is 0.299 e. The van der Waals surface area contributed by atoms with E-state index in [2.05, 4.69) is 15.3 Å². The zero-order valence-corrected chi connectivity index (χ0v) is 18.6. The summed E-state index contributed by atoms with van der Waals surface area (Å²) in [7, 11) is 3.33. The van der Waals surface area contributed by atoms with Crippen molar-refractivity contribution in [2.24, 2.45) is 5.73 Å². The van der Waals surface area contributed by atoms with Crippen LogP contribution in [0.3, 0.4) is 0 Å². The van der Waals surface area contributed by atoms with Gasteiger partial charge in [-0.2, -0.15) is 0 Å². The molecule has 0 spiro atoms. The maximum absolute atomic E-state index is 12.1. The van der Waals surface area contributed by atoms with Crippen molar-refractivity contribution >= 4 is 17.6 Å². The zero-order chi connectivity index (χ0) is 23.4. The Hall–Kier alpha value is -4.11. The van der Waals surface area contributed by atoms with Crippen molar-refractivity contribution in [3.8, 4) is 28.4 Å². The number of hydrogen-bond donors (Lipinski definition) is 2. The minimum Gasteiger partial charge on any atom is -0.496 e. The maximum atomic E-state index is 12.1. The van der Waals surface area contributed by atoms with Gasteiger partial charge in [-0.3, -0.25) is 4.79 Å². The number of benzene rings is 2. The standard InChI is InChI=1S/C24H25N5O4/c1-15(29(2)23(30)11-25)17-6-4-5-7-18(17)22-13-27-24(33-22)28-16-8-9-19(20(10-16)31-3)21-12-26-14-32-21/h4-10,12-15H,11,25H2,1-3H3,(H,27,28). The highest BCUT2D eigenvalue weighted by atomic mass is 16.5. The number of oxazole rings is 2. The Morgan fingerprint density at radius 3 is 2.73 bits per heavy atom. The highest BCUT2D eigenvalue weighted by molar-refractivity contribution is 5.78. The molecule has 0 saturated carbocycles. The summed E-state index contributed by atoms with van der Waals surface area (Å²) in [6.45, 7) is 1.91. The molecule has 0 aliphatic carbocycles. The lowest BCUT2D eigenvalue weighted by molar-refractivity contribution is -0.130. The van der Waals surface area contributed by atoms with Crippen LogP contribution in [0.15, 0.2) is 70.1 Å². The number of carbonyl (C=O) groups is 1. The molecule has 1 unspecified atom stereocenters. The number of ether oxygens (including phenoxy) is 1. The lowest BCUT2D eigenvalue weighted by Gasteiger charge is -2.26. The van der Waals surface area contributed by atoms with Crippen LogP contribution in [-0.4, -0.2) is 41.5 Å². The van der Waals surface area contributed by atoms with Crippen LogP contribution in [0.2, 0.25) is 0 Å². The molecule has 3 N–H and O–H groups in total. The molecular weight excluding hydrogens is 422 g/mol. The number of likely N-dealkylation sites (N-methyl/N-ethyl adjacent to an activating group) is 1. The first-order valence-electron chi connectivity index (χ1n) is 10.4. The van der Waals surface area contributed by atoms with Crippen LogP contribution >= 0.6 is 0 Å². The van der Waals surface area contributed by atoms with Crippen molar-refractivity contribution in [1.82, 2.24) is 14.9 Å². The van der Waals surface area contributed by atoms with E-state index in [4.69, 9.17) is 19.3 Å². The molecule has 0 aliphatic rings. The van der Waals surface area contributed by atoms with Gasteiger partial charge in [-0.1, -0.05) is 24.3 Å². The monoisotopic (exact) mass is 447 g/mol. The predicted octanol–water partition coefficient (Wildman–Crippen LogP) is 4.23.